The lowest BCUT2D eigenvalue weighted by Crippen LogP contribution is -2.14. The maximum atomic E-state index is 13.2. The molecule has 5 nitrogen and oxygen atoms in total. The normalized spacial score (nSPS) is 11.1. The molecule has 0 saturated carbocycles. The molecule has 1 amide bonds. The second kappa shape index (κ2) is 8.86. The number of carbonyl (C=O) groups is 1. The van der Waals surface area contributed by atoms with E-state index >= 15 is 0 Å². The van der Waals surface area contributed by atoms with E-state index in [1.807, 2.05) is 12.3 Å². The van der Waals surface area contributed by atoms with Gasteiger partial charge in [0.1, 0.15) is 5.82 Å². The van der Waals surface area contributed by atoms with Crippen molar-refractivity contribution < 1.29 is 17.6 Å². The van der Waals surface area contributed by atoms with Gasteiger partial charge in [-0.15, -0.1) is 11.8 Å². The molecule has 0 heterocycles. The summed E-state index contributed by atoms with van der Waals surface area (Å²) < 4.78 is 40.4. The molecule has 3 rings (SSSR count). The topological polar surface area (TPSA) is 75.3 Å². The lowest BCUT2D eigenvalue weighted by molar-refractivity contribution is 0.102. The van der Waals surface area contributed by atoms with E-state index in [1.165, 1.54) is 54.2 Å². The molecule has 2 N–H and O–H groups in total. The number of benzene rings is 3. The largest absolute Gasteiger partial charge is 0.322 e. The smallest absolute Gasteiger partial charge is 0.261 e. The summed E-state index contributed by atoms with van der Waals surface area (Å²) in [5, 5.41) is 3.01. The van der Waals surface area contributed by atoms with Crippen molar-refractivity contribution in [2.24, 2.45) is 0 Å². The van der Waals surface area contributed by atoms with Crippen LogP contribution in [-0.4, -0.2) is 20.6 Å². The minimum atomic E-state index is -3.90. The summed E-state index contributed by atoms with van der Waals surface area (Å²) >= 11 is 7.59. The maximum Gasteiger partial charge on any atom is 0.261 e. The Morgan fingerprint density at radius 2 is 1.72 bits per heavy atom. The van der Waals surface area contributed by atoms with Crippen LogP contribution >= 0.6 is 23.4 Å². The Kier molecular flexibility index (Phi) is 6.46. The Bertz CT molecular complexity index is 1150. The van der Waals surface area contributed by atoms with Gasteiger partial charge in [-0.1, -0.05) is 17.7 Å². The van der Waals surface area contributed by atoms with Gasteiger partial charge in [-0.25, -0.2) is 12.8 Å². The Hall–Kier alpha value is -2.55. The fourth-order valence-corrected chi connectivity index (χ4v) is 4.18. The molecule has 0 unspecified atom stereocenters. The van der Waals surface area contributed by atoms with E-state index in [0.29, 0.717) is 16.3 Å². The van der Waals surface area contributed by atoms with E-state index in [0.717, 1.165) is 11.0 Å². The number of halogens is 2. The fraction of sp³-hybridized carbons (Fsp3) is 0.0500. The first kappa shape index (κ1) is 21.2. The zero-order chi connectivity index (χ0) is 21.0. The quantitative estimate of drug-likeness (QED) is 0.502. The Morgan fingerprint density at radius 1 is 1.00 bits per heavy atom. The van der Waals surface area contributed by atoms with Gasteiger partial charge in [-0.2, -0.15) is 0 Å². The molecule has 0 fully saturated rings. The van der Waals surface area contributed by atoms with Crippen LogP contribution in [0.15, 0.2) is 76.5 Å². The maximum absolute atomic E-state index is 13.2. The van der Waals surface area contributed by atoms with Crippen LogP contribution < -0.4 is 10.0 Å². The fourth-order valence-electron chi connectivity index (χ4n) is 2.49. The van der Waals surface area contributed by atoms with E-state index in [-0.39, 0.29) is 10.6 Å². The van der Waals surface area contributed by atoms with Gasteiger partial charge in [0, 0.05) is 10.6 Å². The molecule has 0 aliphatic heterocycles. The Morgan fingerprint density at radius 3 is 2.38 bits per heavy atom. The molecule has 3 aromatic rings. The third-order valence-electron chi connectivity index (χ3n) is 3.92. The average Bonchev–Trinajstić information content (AvgIpc) is 2.68. The van der Waals surface area contributed by atoms with E-state index in [9.17, 15) is 17.6 Å². The highest BCUT2D eigenvalue weighted by Gasteiger charge is 2.16. The molecule has 150 valence electrons. The third-order valence-corrected chi connectivity index (χ3v) is 6.37. The van der Waals surface area contributed by atoms with Crippen LogP contribution in [0, 0.1) is 5.82 Å². The van der Waals surface area contributed by atoms with E-state index in [2.05, 4.69) is 10.0 Å². The summed E-state index contributed by atoms with van der Waals surface area (Å²) in [6, 6.07) is 15.9. The van der Waals surface area contributed by atoms with Gasteiger partial charge >= 0.3 is 0 Å². The first-order valence-corrected chi connectivity index (χ1v) is 11.4. The molecule has 0 bridgehead atoms. The monoisotopic (exact) mass is 450 g/mol. The van der Waals surface area contributed by atoms with Crippen LogP contribution in [0.3, 0.4) is 0 Å². The van der Waals surface area contributed by atoms with Crippen LogP contribution in [0.2, 0.25) is 5.02 Å². The van der Waals surface area contributed by atoms with Crippen molar-refractivity contribution >= 4 is 50.7 Å². The third kappa shape index (κ3) is 5.29. The summed E-state index contributed by atoms with van der Waals surface area (Å²) in [5.41, 5.74) is 0.846. The standard InChI is InChI=1S/C20H16ClFN2O3S2/c1-28-16-7-10-19(21)18(12-16)20(25)23-14-5-8-17(9-6-14)29(26,27)24-15-4-2-3-13(22)11-15/h2-12,24H,1H3,(H,23,25). The Labute approximate surface area is 177 Å². The molecule has 0 aromatic heterocycles. The van der Waals surface area contributed by atoms with Crippen LogP contribution in [0.4, 0.5) is 15.8 Å². The van der Waals surface area contributed by atoms with Gasteiger partial charge in [0.05, 0.1) is 21.2 Å². The predicted octanol–water partition coefficient (Wildman–Crippen LogP) is 5.25. The van der Waals surface area contributed by atoms with Crippen molar-refractivity contribution in [3.63, 3.8) is 0 Å². The number of hydrogen-bond acceptors (Lipinski definition) is 4. The van der Waals surface area contributed by atoms with Crippen molar-refractivity contribution in [2.45, 2.75) is 9.79 Å². The highest BCUT2D eigenvalue weighted by atomic mass is 35.5. The SMILES string of the molecule is CSc1ccc(Cl)c(C(=O)Nc2ccc(S(=O)(=O)Nc3cccc(F)c3)cc2)c1. The predicted molar refractivity (Wildman–Crippen MR) is 115 cm³/mol. The van der Waals surface area contributed by atoms with Crippen LogP contribution in [-0.2, 0) is 10.0 Å². The van der Waals surface area contributed by atoms with Gasteiger partial charge < -0.3 is 5.32 Å². The van der Waals surface area contributed by atoms with Gasteiger partial charge in [0.25, 0.3) is 15.9 Å². The molecule has 0 radical (unpaired) electrons. The molecule has 0 atom stereocenters. The minimum absolute atomic E-state index is 0.0258. The highest BCUT2D eigenvalue weighted by Crippen LogP contribution is 2.24. The summed E-state index contributed by atoms with van der Waals surface area (Å²) in [6.45, 7) is 0. The molecular formula is C20H16ClFN2O3S2. The van der Waals surface area contributed by atoms with Crippen LogP contribution in [0.1, 0.15) is 10.4 Å². The van der Waals surface area contributed by atoms with Crippen molar-refractivity contribution in [1.82, 2.24) is 0 Å². The lowest BCUT2D eigenvalue weighted by Gasteiger charge is -2.10. The van der Waals surface area contributed by atoms with E-state index in [1.54, 1.807) is 12.1 Å². The second-order valence-corrected chi connectivity index (χ2v) is 8.91. The number of amides is 1. The highest BCUT2D eigenvalue weighted by molar-refractivity contribution is 7.98. The molecule has 29 heavy (non-hydrogen) atoms. The molecule has 3 aromatic carbocycles. The molecule has 0 spiro atoms. The number of sulfonamides is 1. The van der Waals surface area contributed by atoms with Crippen LogP contribution in [0.5, 0.6) is 0 Å². The van der Waals surface area contributed by atoms with Gasteiger partial charge in [-0.05, 0) is 66.9 Å². The van der Waals surface area contributed by atoms with Crippen molar-refractivity contribution in [1.29, 1.82) is 0 Å². The first-order chi connectivity index (χ1) is 13.8. The summed E-state index contributed by atoms with van der Waals surface area (Å²) in [4.78, 5) is 13.4. The van der Waals surface area contributed by atoms with Gasteiger partial charge in [0.15, 0.2) is 0 Å². The van der Waals surface area contributed by atoms with E-state index < -0.39 is 21.7 Å². The van der Waals surface area contributed by atoms with Crippen molar-refractivity contribution in [3.05, 3.63) is 83.1 Å². The molecular weight excluding hydrogens is 435 g/mol. The molecule has 0 aliphatic rings. The van der Waals surface area contributed by atoms with Gasteiger partial charge in [0.2, 0.25) is 0 Å². The number of carbonyl (C=O) groups excluding carboxylic acids is 1. The van der Waals surface area contributed by atoms with Gasteiger partial charge in [-0.3, -0.25) is 9.52 Å². The van der Waals surface area contributed by atoms with Crippen molar-refractivity contribution in [3.8, 4) is 0 Å². The summed E-state index contributed by atoms with van der Waals surface area (Å²) in [6.07, 6.45) is 1.89. The summed E-state index contributed by atoms with van der Waals surface area (Å²) in [7, 11) is -3.90. The lowest BCUT2D eigenvalue weighted by atomic mass is 10.2. The number of hydrogen-bond donors (Lipinski definition) is 2. The molecule has 9 heteroatoms. The van der Waals surface area contributed by atoms with Crippen molar-refractivity contribution in [2.75, 3.05) is 16.3 Å². The Balaban J connectivity index is 1.75. The number of nitrogens with one attached hydrogen (secondary N) is 2. The summed E-state index contributed by atoms with van der Waals surface area (Å²) in [5.74, 6) is -0.952. The first-order valence-electron chi connectivity index (χ1n) is 8.32. The second-order valence-electron chi connectivity index (χ2n) is 5.94. The van der Waals surface area contributed by atoms with Crippen LogP contribution in [0.25, 0.3) is 0 Å². The number of rotatable bonds is 6. The zero-order valence-electron chi connectivity index (χ0n) is 15.1. The molecule has 0 aliphatic carbocycles. The number of anilines is 2. The minimum Gasteiger partial charge on any atom is -0.322 e. The number of thioether (sulfide) groups is 1. The molecule has 0 saturated heterocycles. The van der Waals surface area contributed by atoms with E-state index in [4.69, 9.17) is 11.6 Å². The average molecular weight is 451 g/mol. The zero-order valence-corrected chi connectivity index (χ0v) is 17.5.